The Kier molecular flexibility index (Phi) is 10.1. The molecule has 0 radical (unpaired) electrons. The third kappa shape index (κ3) is 11.5. The van der Waals surface area contributed by atoms with Crippen molar-refractivity contribution < 1.29 is 26.9 Å². The molecule has 6 nitrogen and oxygen atoms in total. The number of rotatable bonds is 12. The Morgan fingerprint density at radius 3 is 1.44 bits per heavy atom. The predicted molar refractivity (Wildman–Crippen MR) is 147 cm³/mol. The Hall–Kier alpha value is 0.844. The minimum Gasteiger partial charge on any atom is -0.415 e. The third-order valence-corrected chi connectivity index (χ3v) is 9.23. The smallest absolute Gasteiger partial charge is 0.210 e. The van der Waals surface area contributed by atoms with Crippen molar-refractivity contribution >= 4 is 41.6 Å². The summed E-state index contributed by atoms with van der Waals surface area (Å²) in [6.07, 6.45) is -0.845. The quantitative estimate of drug-likeness (QED) is 0.280. The second kappa shape index (κ2) is 10.4. The van der Waals surface area contributed by atoms with Crippen LogP contribution in [-0.2, 0) is 26.9 Å². The molecule has 0 unspecified atom stereocenters. The highest BCUT2D eigenvalue weighted by Gasteiger charge is 2.61. The van der Waals surface area contributed by atoms with Crippen molar-refractivity contribution in [3.63, 3.8) is 0 Å². The molecule has 0 bridgehead atoms. The first-order chi connectivity index (χ1) is 13.9. The standard InChI is InChI=1S/C21H52O6Si5/c1-28(2,3)22-16-18-19(25-30(7,8)9)20(26-31(10,11)12)21(24-18,27-32(13,14)15)17-23-29(4,5)6/h18-20H,16-17H2,1-15H3/t18-,19+,20+,21-/m1/s1. The van der Waals surface area contributed by atoms with Gasteiger partial charge in [0.1, 0.15) is 18.3 Å². The summed E-state index contributed by atoms with van der Waals surface area (Å²) in [6, 6.07) is 0. The van der Waals surface area contributed by atoms with Gasteiger partial charge in [0, 0.05) is 0 Å². The molecular formula is C21H52O6Si5. The lowest BCUT2D eigenvalue weighted by Gasteiger charge is -2.43. The number of hydrogen-bond acceptors (Lipinski definition) is 6. The molecule has 1 aliphatic heterocycles. The van der Waals surface area contributed by atoms with Crippen molar-refractivity contribution in [1.29, 1.82) is 0 Å². The fourth-order valence-corrected chi connectivity index (χ4v) is 8.17. The Bertz CT molecular complexity index is 600. The summed E-state index contributed by atoms with van der Waals surface area (Å²) in [5.74, 6) is -0.983. The van der Waals surface area contributed by atoms with Crippen LogP contribution in [0.5, 0.6) is 0 Å². The number of hydrogen-bond donors (Lipinski definition) is 0. The predicted octanol–water partition coefficient (Wildman–Crippen LogP) is 6.08. The second-order valence-electron chi connectivity index (χ2n) is 13.9. The lowest BCUT2D eigenvalue weighted by Crippen LogP contribution is -2.59. The summed E-state index contributed by atoms with van der Waals surface area (Å²) in [6.45, 7) is 33.9. The van der Waals surface area contributed by atoms with Crippen LogP contribution in [0.25, 0.3) is 0 Å². The van der Waals surface area contributed by atoms with Crippen LogP contribution in [0.4, 0.5) is 0 Å². The van der Waals surface area contributed by atoms with Crippen LogP contribution in [0.15, 0.2) is 0 Å². The molecule has 4 atom stereocenters. The van der Waals surface area contributed by atoms with Crippen LogP contribution in [-0.4, -0.2) is 78.9 Å². The van der Waals surface area contributed by atoms with Gasteiger partial charge < -0.3 is 26.9 Å². The van der Waals surface area contributed by atoms with Gasteiger partial charge in [0.25, 0.3) is 0 Å². The van der Waals surface area contributed by atoms with Crippen molar-refractivity contribution in [2.75, 3.05) is 13.2 Å². The zero-order chi connectivity index (χ0) is 25.4. The molecule has 1 fully saturated rings. The van der Waals surface area contributed by atoms with Crippen LogP contribution in [0.3, 0.4) is 0 Å². The molecule has 0 aromatic heterocycles. The molecule has 192 valence electrons. The second-order valence-corrected chi connectivity index (χ2v) is 36.2. The van der Waals surface area contributed by atoms with Crippen LogP contribution >= 0.6 is 0 Å². The van der Waals surface area contributed by atoms with E-state index in [4.69, 9.17) is 26.9 Å². The molecule has 0 amide bonds. The molecule has 1 heterocycles. The van der Waals surface area contributed by atoms with E-state index in [9.17, 15) is 0 Å². The molecule has 0 spiro atoms. The van der Waals surface area contributed by atoms with E-state index in [0.29, 0.717) is 13.2 Å². The van der Waals surface area contributed by atoms with E-state index in [1.54, 1.807) is 0 Å². The average Bonchev–Trinajstić information content (AvgIpc) is 2.71. The molecule has 0 N–H and O–H groups in total. The summed E-state index contributed by atoms with van der Waals surface area (Å²) in [7, 11) is -9.43. The lowest BCUT2D eigenvalue weighted by atomic mass is 10.1. The zero-order valence-corrected chi connectivity index (χ0v) is 28.6. The van der Waals surface area contributed by atoms with Crippen molar-refractivity contribution in [2.24, 2.45) is 0 Å². The van der Waals surface area contributed by atoms with Crippen LogP contribution < -0.4 is 0 Å². The molecule has 0 aliphatic carbocycles. The summed E-state index contributed by atoms with van der Waals surface area (Å²) < 4.78 is 40.1. The van der Waals surface area contributed by atoms with Crippen molar-refractivity contribution in [1.82, 2.24) is 0 Å². The fourth-order valence-electron chi connectivity index (χ4n) is 3.44. The molecule has 1 rings (SSSR count). The molecule has 0 aromatic rings. The number of ether oxygens (including phenoxy) is 1. The SMILES string of the molecule is C[Si](C)(C)OC[C@H]1O[C@](CO[Si](C)(C)C)(O[Si](C)(C)C)[C@@H](O[Si](C)(C)C)[C@H]1O[Si](C)(C)C. The maximum absolute atomic E-state index is 6.85. The molecule has 0 saturated carbocycles. The maximum atomic E-state index is 6.85. The third-order valence-electron chi connectivity index (χ3n) is 4.29. The van der Waals surface area contributed by atoms with E-state index >= 15 is 0 Å². The topological polar surface area (TPSA) is 55.4 Å². The Labute approximate surface area is 203 Å². The minimum absolute atomic E-state index is 0.244. The van der Waals surface area contributed by atoms with E-state index in [1.165, 1.54) is 0 Å². The van der Waals surface area contributed by atoms with Gasteiger partial charge in [-0.15, -0.1) is 0 Å². The van der Waals surface area contributed by atoms with Crippen molar-refractivity contribution in [3.8, 4) is 0 Å². The Morgan fingerprint density at radius 1 is 0.594 bits per heavy atom. The Morgan fingerprint density at radius 2 is 1.06 bits per heavy atom. The van der Waals surface area contributed by atoms with Gasteiger partial charge in [0.15, 0.2) is 41.6 Å². The molecular weight excluding hydrogens is 489 g/mol. The monoisotopic (exact) mass is 540 g/mol. The van der Waals surface area contributed by atoms with E-state index < -0.39 is 47.4 Å². The van der Waals surface area contributed by atoms with Gasteiger partial charge in [-0.3, -0.25) is 0 Å². The lowest BCUT2D eigenvalue weighted by molar-refractivity contribution is -0.229. The highest BCUT2D eigenvalue weighted by Crippen LogP contribution is 2.42. The molecule has 0 aromatic carbocycles. The first kappa shape index (κ1) is 30.9. The summed E-state index contributed by atoms with van der Waals surface area (Å²) >= 11 is 0. The fraction of sp³-hybridized carbons (Fsp3) is 1.00. The van der Waals surface area contributed by atoms with Gasteiger partial charge in [0.2, 0.25) is 5.79 Å². The van der Waals surface area contributed by atoms with E-state index in [-0.39, 0.29) is 18.3 Å². The first-order valence-corrected chi connectivity index (χ1v) is 29.0. The van der Waals surface area contributed by atoms with E-state index in [0.717, 1.165) is 0 Å². The Balaban J connectivity index is 3.53. The largest absolute Gasteiger partial charge is 0.415 e. The summed E-state index contributed by atoms with van der Waals surface area (Å²) in [4.78, 5) is 0. The van der Waals surface area contributed by atoms with Crippen LogP contribution in [0, 0.1) is 0 Å². The highest BCUT2D eigenvalue weighted by atomic mass is 28.4. The minimum atomic E-state index is -2.02. The van der Waals surface area contributed by atoms with Gasteiger partial charge in [0.05, 0.1) is 13.2 Å². The summed E-state index contributed by atoms with van der Waals surface area (Å²) in [5, 5.41) is 0. The van der Waals surface area contributed by atoms with Gasteiger partial charge in [-0.2, -0.15) is 0 Å². The van der Waals surface area contributed by atoms with Gasteiger partial charge >= 0.3 is 0 Å². The van der Waals surface area contributed by atoms with E-state index in [1.807, 2.05) is 0 Å². The van der Waals surface area contributed by atoms with Crippen LogP contribution in [0.1, 0.15) is 0 Å². The van der Waals surface area contributed by atoms with Crippen molar-refractivity contribution in [2.45, 2.75) is 122 Å². The van der Waals surface area contributed by atoms with Gasteiger partial charge in [-0.1, -0.05) is 0 Å². The zero-order valence-electron chi connectivity index (χ0n) is 23.6. The van der Waals surface area contributed by atoms with Crippen LogP contribution in [0.2, 0.25) is 98.2 Å². The molecule has 11 heteroatoms. The van der Waals surface area contributed by atoms with E-state index in [2.05, 4.69) is 98.2 Å². The normalized spacial score (nSPS) is 28.4. The summed E-state index contributed by atoms with van der Waals surface area (Å²) in [5.41, 5.74) is 0. The van der Waals surface area contributed by atoms with Crippen molar-refractivity contribution in [3.05, 3.63) is 0 Å². The van der Waals surface area contributed by atoms with Gasteiger partial charge in [-0.05, 0) is 98.2 Å². The highest BCUT2D eigenvalue weighted by molar-refractivity contribution is 6.71. The molecule has 1 saturated heterocycles. The molecule has 32 heavy (non-hydrogen) atoms. The average molecular weight is 541 g/mol. The maximum Gasteiger partial charge on any atom is 0.210 e. The van der Waals surface area contributed by atoms with Gasteiger partial charge in [-0.25, -0.2) is 0 Å². The first-order valence-electron chi connectivity index (χ1n) is 11.9. The molecule has 1 aliphatic rings.